The fourth-order valence-corrected chi connectivity index (χ4v) is 6.05. The molecule has 130 valence electrons. The predicted molar refractivity (Wildman–Crippen MR) is 99.0 cm³/mol. The second-order valence-corrected chi connectivity index (χ2v) is 8.71. The Bertz CT molecular complexity index is 294. The smallest absolute Gasteiger partial charge is 0.0357 e. The Balaban J connectivity index is 1.99. The number of fused-ring (bicyclic) bond motifs is 1. The van der Waals surface area contributed by atoms with Crippen molar-refractivity contribution in [3.05, 3.63) is 0 Å². The molecule has 2 aliphatic carbocycles. The van der Waals surface area contributed by atoms with Gasteiger partial charge in [-0.3, -0.25) is 0 Å². The molecule has 6 unspecified atom stereocenters. The zero-order valence-electron chi connectivity index (χ0n) is 15.9. The highest BCUT2D eigenvalue weighted by atomic mass is 14.5. The molecule has 0 aromatic heterocycles. The maximum Gasteiger partial charge on any atom is -0.0357 e. The van der Waals surface area contributed by atoms with Crippen LogP contribution >= 0.6 is 0 Å². The molecule has 0 radical (unpaired) electrons. The van der Waals surface area contributed by atoms with Crippen molar-refractivity contribution in [3.8, 4) is 0 Å². The molecule has 0 nitrogen and oxygen atoms in total. The molecule has 0 heterocycles. The fraction of sp³-hybridized carbons (Fsp3) is 1.00. The molecule has 0 aromatic rings. The Hall–Kier alpha value is 0. The van der Waals surface area contributed by atoms with Crippen LogP contribution < -0.4 is 0 Å². The largest absolute Gasteiger partial charge is 0.0654 e. The summed E-state index contributed by atoms with van der Waals surface area (Å²) in [7, 11) is 0. The number of unbranched alkanes of at least 4 members (excludes halogenated alkanes) is 1. The van der Waals surface area contributed by atoms with E-state index >= 15 is 0 Å². The summed E-state index contributed by atoms with van der Waals surface area (Å²) < 4.78 is 0. The Kier molecular flexibility index (Phi) is 7.78. The zero-order chi connectivity index (χ0) is 15.9. The van der Waals surface area contributed by atoms with Gasteiger partial charge >= 0.3 is 0 Å². The third-order valence-electron chi connectivity index (χ3n) is 7.45. The van der Waals surface area contributed by atoms with Crippen molar-refractivity contribution in [1.82, 2.24) is 0 Å². The molecule has 0 amide bonds. The molecule has 0 spiro atoms. The van der Waals surface area contributed by atoms with Crippen LogP contribution in [-0.2, 0) is 0 Å². The van der Waals surface area contributed by atoms with Gasteiger partial charge in [-0.15, -0.1) is 0 Å². The first-order chi connectivity index (χ1) is 10.7. The molecule has 2 aliphatic rings. The van der Waals surface area contributed by atoms with E-state index in [1.54, 1.807) is 19.3 Å². The van der Waals surface area contributed by atoms with Crippen LogP contribution in [0.25, 0.3) is 0 Å². The van der Waals surface area contributed by atoms with Crippen LogP contribution in [0.3, 0.4) is 0 Å². The summed E-state index contributed by atoms with van der Waals surface area (Å²) in [6, 6.07) is 0. The van der Waals surface area contributed by atoms with Crippen molar-refractivity contribution in [3.63, 3.8) is 0 Å². The first-order valence-electron chi connectivity index (χ1n) is 10.7. The minimum absolute atomic E-state index is 0.964. The summed E-state index contributed by atoms with van der Waals surface area (Å²) in [5, 5.41) is 0. The Morgan fingerprint density at radius 3 is 2.36 bits per heavy atom. The molecule has 2 rings (SSSR count). The van der Waals surface area contributed by atoms with Crippen LogP contribution in [0.2, 0.25) is 0 Å². The van der Waals surface area contributed by atoms with E-state index in [0.29, 0.717) is 0 Å². The first-order valence-corrected chi connectivity index (χ1v) is 10.7. The first kappa shape index (κ1) is 18.3. The van der Waals surface area contributed by atoms with Crippen molar-refractivity contribution < 1.29 is 0 Å². The summed E-state index contributed by atoms with van der Waals surface area (Å²) in [6.45, 7) is 9.99. The molecule has 0 bridgehead atoms. The average molecular weight is 307 g/mol. The molecule has 0 N–H and O–H groups in total. The molecule has 22 heavy (non-hydrogen) atoms. The highest BCUT2D eigenvalue weighted by Gasteiger charge is 2.40. The molecule has 2 fully saturated rings. The van der Waals surface area contributed by atoms with E-state index in [1.165, 1.54) is 57.8 Å². The minimum atomic E-state index is 0.964. The van der Waals surface area contributed by atoms with E-state index in [1.807, 2.05) is 0 Å². The van der Waals surface area contributed by atoms with Gasteiger partial charge in [0, 0.05) is 0 Å². The quantitative estimate of drug-likeness (QED) is 0.457. The van der Waals surface area contributed by atoms with Crippen LogP contribution in [0.4, 0.5) is 0 Å². The number of rotatable bonds is 7. The van der Waals surface area contributed by atoms with Crippen molar-refractivity contribution in [2.75, 3.05) is 0 Å². The monoisotopic (exact) mass is 306 g/mol. The predicted octanol–water partition coefficient (Wildman–Crippen LogP) is 7.47. The second kappa shape index (κ2) is 9.33. The lowest BCUT2D eigenvalue weighted by Crippen LogP contribution is -2.37. The topological polar surface area (TPSA) is 0 Å². The molecule has 0 saturated heterocycles. The van der Waals surface area contributed by atoms with Crippen molar-refractivity contribution in [2.24, 2.45) is 35.5 Å². The van der Waals surface area contributed by atoms with E-state index in [0.717, 1.165) is 35.5 Å². The zero-order valence-corrected chi connectivity index (χ0v) is 15.9. The van der Waals surface area contributed by atoms with E-state index in [9.17, 15) is 0 Å². The van der Waals surface area contributed by atoms with E-state index in [4.69, 9.17) is 0 Å². The van der Waals surface area contributed by atoms with Crippen molar-refractivity contribution in [1.29, 1.82) is 0 Å². The fourth-order valence-electron chi connectivity index (χ4n) is 6.05. The van der Waals surface area contributed by atoms with Gasteiger partial charge in [0.05, 0.1) is 0 Å². The standard InChI is InChI=1S/C22H42/c1-5-7-12-19(11-6-2)17(3)21-16-15-20-13-9-8-10-14-22(20)18(21)4/h17-22H,5-16H2,1-4H3. The molecule has 2 saturated carbocycles. The lowest BCUT2D eigenvalue weighted by Gasteiger charge is -2.45. The van der Waals surface area contributed by atoms with Crippen molar-refractivity contribution >= 4 is 0 Å². The van der Waals surface area contributed by atoms with Crippen LogP contribution in [0, 0.1) is 35.5 Å². The van der Waals surface area contributed by atoms with E-state index in [-0.39, 0.29) is 0 Å². The average Bonchev–Trinajstić information content (AvgIpc) is 2.77. The molecule has 6 atom stereocenters. The Labute approximate surface area is 140 Å². The highest BCUT2D eigenvalue weighted by molar-refractivity contribution is 4.90. The van der Waals surface area contributed by atoms with Gasteiger partial charge in [0.2, 0.25) is 0 Å². The van der Waals surface area contributed by atoms with E-state index < -0.39 is 0 Å². The summed E-state index contributed by atoms with van der Waals surface area (Å²) in [5.74, 6) is 6.13. The number of hydrogen-bond acceptors (Lipinski definition) is 0. The summed E-state index contributed by atoms with van der Waals surface area (Å²) >= 11 is 0. The molecule has 0 aliphatic heterocycles. The highest BCUT2D eigenvalue weighted by Crippen LogP contribution is 2.49. The molecule has 0 aromatic carbocycles. The normalized spacial score (nSPS) is 35.5. The maximum absolute atomic E-state index is 2.63. The Morgan fingerprint density at radius 2 is 1.64 bits per heavy atom. The van der Waals surface area contributed by atoms with Gasteiger partial charge in [-0.2, -0.15) is 0 Å². The summed E-state index contributed by atoms with van der Waals surface area (Å²) in [4.78, 5) is 0. The van der Waals surface area contributed by atoms with Gasteiger partial charge < -0.3 is 0 Å². The van der Waals surface area contributed by atoms with E-state index in [2.05, 4.69) is 27.7 Å². The Morgan fingerprint density at radius 1 is 0.864 bits per heavy atom. The van der Waals surface area contributed by atoms with Gasteiger partial charge in [0.1, 0.15) is 0 Å². The SMILES string of the molecule is CCCCC(CCC)C(C)C1CCC2CCCCCC2C1C. The lowest BCUT2D eigenvalue weighted by atomic mass is 9.60. The third-order valence-corrected chi connectivity index (χ3v) is 7.45. The molecular formula is C22H42. The number of hydrogen-bond donors (Lipinski definition) is 0. The van der Waals surface area contributed by atoms with Gasteiger partial charge in [0.25, 0.3) is 0 Å². The van der Waals surface area contributed by atoms with Gasteiger partial charge in [-0.25, -0.2) is 0 Å². The lowest BCUT2D eigenvalue weighted by molar-refractivity contribution is 0.0402. The van der Waals surface area contributed by atoms with Crippen LogP contribution in [0.5, 0.6) is 0 Å². The van der Waals surface area contributed by atoms with Gasteiger partial charge in [-0.1, -0.05) is 85.5 Å². The molecule has 0 heteroatoms. The summed E-state index contributed by atoms with van der Waals surface area (Å²) in [6.07, 6.45) is 17.9. The van der Waals surface area contributed by atoms with Crippen molar-refractivity contribution in [2.45, 2.75) is 105 Å². The second-order valence-electron chi connectivity index (χ2n) is 8.71. The summed E-state index contributed by atoms with van der Waals surface area (Å²) in [5.41, 5.74) is 0. The van der Waals surface area contributed by atoms with Crippen LogP contribution in [0.15, 0.2) is 0 Å². The minimum Gasteiger partial charge on any atom is -0.0654 e. The van der Waals surface area contributed by atoms with Crippen LogP contribution in [-0.4, -0.2) is 0 Å². The van der Waals surface area contributed by atoms with Gasteiger partial charge in [0.15, 0.2) is 0 Å². The molecular weight excluding hydrogens is 264 g/mol. The third kappa shape index (κ3) is 4.51. The van der Waals surface area contributed by atoms with Crippen LogP contribution in [0.1, 0.15) is 105 Å². The van der Waals surface area contributed by atoms with Gasteiger partial charge in [-0.05, 0) is 54.8 Å². The maximum atomic E-state index is 2.63.